The Kier molecular flexibility index (Phi) is 4.51. The Hall–Kier alpha value is -1.06. The highest BCUT2D eigenvalue weighted by atomic mass is 16.6. The topological polar surface area (TPSA) is 44.5 Å². The summed E-state index contributed by atoms with van der Waals surface area (Å²) in [7, 11) is 0. The van der Waals surface area contributed by atoms with E-state index in [1.54, 1.807) is 0 Å². The van der Waals surface area contributed by atoms with Gasteiger partial charge in [-0.3, -0.25) is 0 Å². The highest BCUT2D eigenvalue weighted by molar-refractivity contribution is 5.33. The van der Waals surface area contributed by atoms with Crippen molar-refractivity contribution < 1.29 is 9.47 Å². The van der Waals surface area contributed by atoms with Crippen molar-refractivity contribution in [1.82, 2.24) is 0 Å². The van der Waals surface area contributed by atoms with E-state index in [0.717, 1.165) is 18.6 Å². The zero-order valence-electron chi connectivity index (χ0n) is 13.0. The van der Waals surface area contributed by atoms with Gasteiger partial charge in [0.25, 0.3) is 0 Å². The van der Waals surface area contributed by atoms with Crippen LogP contribution in [0.1, 0.15) is 51.0 Å². The van der Waals surface area contributed by atoms with Crippen molar-refractivity contribution in [1.29, 1.82) is 0 Å². The summed E-state index contributed by atoms with van der Waals surface area (Å²) < 4.78 is 12.3. The van der Waals surface area contributed by atoms with Crippen LogP contribution in [0.15, 0.2) is 24.3 Å². The lowest BCUT2D eigenvalue weighted by Gasteiger charge is -2.24. The molecule has 2 N–H and O–H groups in total. The summed E-state index contributed by atoms with van der Waals surface area (Å²) in [5.74, 6) is 0.964. The SMILES string of the molecule is CC(N)Cc1ccccc1OCC1CCC2(CCCC2)O1. The number of rotatable bonds is 5. The Morgan fingerprint density at radius 2 is 2.05 bits per heavy atom. The highest BCUT2D eigenvalue weighted by Gasteiger charge is 2.42. The van der Waals surface area contributed by atoms with Crippen molar-refractivity contribution >= 4 is 0 Å². The molecule has 1 saturated heterocycles. The summed E-state index contributed by atoms with van der Waals surface area (Å²) in [4.78, 5) is 0. The van der Waals surface area contributed by atoms with E-state index in [9.17, 15) is 0 Å². The molecular formula is C18H27NO2. The molecule has 2 aliphatic rings. The zero-order valence-corrected chi connectivity index (χ0v) is 13.0. The molecule has 3 heteroatoms. The van der Waals surface area contributed by atoms with Crippen LogP contribution < -0.4 is 10.5 Å². The minimum Gasteiger partial charge on any atom is -0.491 e. The van der Waals surface area contributed by atoms with Crippen LogP contribution in [0.3, 0.4) is 0 Å². The third kappa shape index (κ3) is 3.58. The standard InChI is InChI=1S/C18H27NO2/c1-14(19)12-15-6-2-3-7-17(15)20-13-16-8-11-18(21-16)9-4-5-10-18/h2-3,6-7,14,16H,4-5,8-13,19H2,1H3. The van der Waals surface area contributed by atoms with E-state index in [4.69, 9.17) is 15.2 Å². The third-order valence-corrected chi connectivity index (χ3v) is 4.79. The van der Waals surface area contributed by atoms with Gasteiger partial charge in [0, 0.05) is 6.04 Å². The van der Waals surface area contributed by atoms with Gasteiger partial charge in [0.05, 0.1) is 11.7 Å². The van der Waals surface area contributed by atoms with Gasteiger partial charge in [-0.15, -0.1) is 0 Å². The Morgan fingerprint density at radius 1 is 1.29 bits per heavy atom. The molecular weight excluding hydrogens is 262 g/mol. The lowest BCUT2D eigenvalue weighted by atomic mass is 9.98. The predicted octanol–water partition coefficient (Wildman–Crippen LogP) is 3.45. The fourth-order valence-electron chi connectivity index (χ4n) is 3.74. The molecule has 3 nitrogen and oxygen atoms in total. The molecule has 1 aliphatic carbocycles. The van der Waals surface area contributed by atoms with Crippen LogP contribution in [0.2, 0.25) is 0 Å². The second-order valence-electron chi connectivity index (χ2n) is 6.77. The first kappa shape index (κ1) is 14.9. The van der Waals surface area contributed by atoms with Gasteiger partial charge in [0.2, 0.25) is 0 Å². The maximum Gasteiger partial charge on any atom is 0.122 e. The largest absolute Gasteiger partial charge is 0.491 e. The summed E-state index contributed by atoms with van der Waals surface area (Å²) in [6.45, 7) is 2.69. The number of hydrogen-bond donors (Lipinski definition) is 1. The minimum atomic E-state index is 0.152. The quantitative estimate of drug-likeness (QED) is 0.903. The second kappa shape index (κ2) is 6.37. The van der Waals surface area contributed by atoms with Crippen LogP contribution in [0.5, 0.6) is 5.75 Å². The van der Waals surface area contributed by atoms with E-state index in [1.807, 2.05) is 25.1 Å². The average molecular weight is 289 g/mol. The van der Waals surface area contributed by atoms with Crippen LogP contribution in [0.25, 0.3) is 0 Å². The van der Waals surface area contributed by atoms with Crippen LogP contribution in [-0.2, 0) is 11.2 Å². The van der Waals surface area contributed by atoms with E-state index >= 15 is 0 Å². The molecule has 0 aromatic heterocycles. The van der Waals surface area contributed by atoms with E-state index in [1.165, 1.54) is 37.7 Å². The van der Waals surface area contributed by atoms with Gasteiger partial charge in [-0.05, 0) is 50.7 Å². The molecule has 0 bridgehead atoms. The molecule has 0 amide bonds. The first-order valence-corrected chi connectivity index (χ1v) is 8.31. The fourth-order valence-corrected chi connectivity index (χ4v) is 3.74. The lowest BCUT2D eigenvalue weighted by Crippen LogP contribution is -2.27. The molecule has 2 unspecified atom stereocenters. The number of ether oxygens (including phenoxy) is 2. The van der Waals surface area contributed by atoms with Gasteiger partial charge in [0.1, 0.15) is 12.4 Å². The van der Waals surface area contributed by atoms with Crippen LogP contribution >= 0.6 is 0 Å². The summed E-state index contributed by atoms with van der Waals surface area (Å²) in [6.07, 6.45) is 8.58. The number of hydrogen-bond acceptors (Lipinski definition) is 3. The van der Waals surface area contributed by atoms with Crippen LogP contribution in [0, 0.1) is 0 Å². The van der Waals surface area contributed by atoms with E-state index in [2.05, 4.69) is 6.07 Å². The van der Waals surface area contributed by atoms with Gasteiger partial charge in [0.15, 0.2) is 0 Å². The third-order valence-electron chi connectivity index (χ3n) is 4.79. The Balaban J connectivity index is 1.56. The van der Waals surface area contributed by atoms with Crippen molar-refractivity contribution in [2.24, 2.45) is 5.73 Å². The fraction of sp³-hybridized carbons (Fsp3) is 0.667. The van der Waals surface area contributed by atoms with Crippen molar-refractivity contribution in [3.8, 4) is 5.75 Å². The predicted molar refractivity (Wildman–Crippen MR) is 84.6 cm³/mol. The van der Waals surface area contributed by atoms with Crippen molar-refractivity contribution in [2.45, 2.75) is 69.6 Å². The highest BCUT2D eigenvalue weighted by Crippen LogP contribution is 2.43. The Morgan fingerprint density at radius 3 is 2.81 bits per heavy atom. The zero-order chi connectivity index (χ0) is 14.7. The van der Waals surface area contributed by atoms with Gasteiger partial charge in [-0.2, -0.15) is 0 Å². The molecule has 2 fully saturated rings. The van der Waals surface area contributed by atoms with E-state index < -0.39 is 0 Å². The van der Waals surface area contributed by atoms with Crippen molar-refractivity contribution in [2.75, 3.05) is 6.61 Å². The van der Waals surface area contributed by atoms with Gasteiger partial charge in [-0.25, -0.2) is 0 Å². The molecule has 2 atom stereocenters. The Labute approximate surface area is 127 Å². The average Bonchev–Trinajstić information content (AvgIpc) is 3.08. The maximum absolute atomic E-state index is 6.30. The monoisotopic (exact) mass is 289 g/mol. The maximum atomic E-state index is 6.30. The molecule has 1 aromatic rings. The first-order valence-electron chi connectivity index (χ1n) is 8.31. The van der Waals surface area contributed by atoms with Crippen LogP contribution in [0.4, 0.5) is 0 Å². The summed E-state index contributed by atoms with van der Waals surface area (Å²) in [5.41, 5.74) is 7.30. The van der Waals surface area contributed by atoms with Gasteiger partial charge < -0.3 is 15.2 Å². The lowest BCUT2D eigenvalue weighted by molar-refractivity contribution is -0.0509. The summed E-state index contributed by atoms with van der Waals surface area (Å²) >= 11 is 0. The first-order chi connectivity index (χ1) is 10.2. The minimum absolute atomic E-state index is 0.152. The summed E-state index contributed by atoms with van der Waals surface area (Å²) in [5, 5.41) is 0. The van der Waals surface area contributed by atoms with Gasteiger partial charge in [-0.1, -0.05) is 31.0 Å². The van der Waals surface area contributed by atoms with Crippen LogP contribution in [-0.4, -0.2) is 24.4 Å². The molecule has 1 saturated carbocycles. The second-order valence-corrected chi connectivity index (χ2v) is 6.77. The number of benzene rings is 1. The molecule has 0 radical (unpaired) electrons. The van der Waals surface area contributed by atoms with Gasteiger partial charge >= 0.3 is 0 Å². The van der Waals surface area contributed by atoms with E-state index in [-0.39, 0.29) is 17.7 Å². The summed E-state index contributed by atoms with van der Waals surface area (Å²) in [6, 6.07) is 8.36. The number of nitrogens with two attached hydrogens (primary N) is 1. The molecule has 116 valence electrons. The smallest absolute Gasteiger partial charge is 0.122 e. The van der Waals surface area contributed by atoms with Crippen molar-refractivity contribution in [3.05, 3.63) is 29.8 Å². The molecule has 1 heterocycles. The van der Waals surface area contributed by atoms with E-state index in [0.29, 0.717) is 6.61 Å². The number of para-hydroxylation sites is 1. The normalized spacial score (nSPS) is 25.3. The Bertz CT molecular complexity index is 466. The molecule has 1 aliphatic heterocycles. The molecule has 3 rings (SSSR count). The van der Waals surface area contributed by atoms with Crippen molar-refractivity contribution in [3.63, 3.8) is 0 Å². The molecule has 21 heavy (non-hydrogen) atoms. The molecule has 1 aromatic carbocycles. The molecule has 1 spiro atoms.